The molecule has 0 saturated heterocycles. The van der Waals surface area contributed by atoms with Crippen LogP contribution in [0.4, 0.5) is 5.69 Å². The Hall–Kier alpha value is -3.28. The minimum absolute atomic E-state index is 0.630. The van der Waals surface area contributed by atoms with Crippen LogP contribution in [0.3, 0.4) is 0 Å². The van der Waals surface area contributed by atoms with E-state index in [1.807, 2.05) is 12.3 Å². The summed E-state index contributed by atoms with van der Waals surface area (Å²) in [5, 5.41) is 7.46. The van der Waals surface area contributed by atoms with Crippen molar-refractivity contribution in [1.29, 1.82) is 0 Å². The van der Waals surface area contributed by atoms with Gasteiger partial charge in [0.1, 0.15) is 12.0 Å². The van der Waals surface area contributed by atoms with E-state index >= 15 is 0 Å². The van der Waals surface area contributed by atoms with Crippen LogP contribution in [-0.4, -0.2) is 22.3 Å². The van der Waals surface area contributed by atoms with Gasteiger partial charge in [-0.3, -0.25) is 5.10 Å². The minimum Gasteiger partial charge on any atom is -0.497 e. The number of aromatic nitrogens is 3. The van der Waals surface area contributed by atoms with E-state index in [-0.39, 0.29) is 0 Å². The zero-order valence-corrected chi connectivity index (χ0v) is 16.4. The molecule has 0 spiro atoms. The Bertz CT molecular complexity index is 1020. The average Bonchev–Trinajstić information content (AvgIpc) is 3.39. The Morgan fingerprint density at radius 2 is 2.29 bits per heavy atom. The van der Waals surface area contributed by atoms with E-state index in [1.165, 1.54) is 0 Å². The number of rotatable bonds is 5. The summed E-state index contributed by atoms with van der Waals surface area (Å²) < 4.78 is 11.1. The number of aromatic amines is 1. The lowest BCUT2D eigenvalue weighted by atomic mass is 10.0. The molecule has 0 atom stereocenters. The molecule has 0 radical (unpaired) electrons. The van der Waals surface area contributed by atoms with Crippen molar-refractivity contribution in [2.45, 2.75) is 33.1 Å². The van der Waals surface area contributed by atoms with E-state index in [2.05, 4.69) is 58.3 Å². The molecule has 1 aliphatic heterocycles. The minimum atomic E-state index is 0.630. The Labute approximate surface area is 164 Å². The largest absolute Gasteiger partial charge is 0.497 e. The summed E-state index contributed by atoms with van der Waals surface area (Å²) in [6.07, 6.45) is 12.4. The van der Waals surface area contributed by atoms with E-state index < -0.39 is 0 Å². The highest BCUT2D eigenvalue weighted by molar-refractivity contribution is 5.86. The van der Waals surface area contributed by atoms with Gasteiger partial charge in [-0.05, 0) is 31.5 Å². The third-order valence-electron chi connectivity index (χ3n) is 4.99. The number of unbranched alkanes of at least 4 members (excludes halogenated alkanes) is 1. The van der Waals surface area contributed by atoms with Crippen LogP contribution in [0.25, 0.3) is 16.8 Å². The number of benzene rings is 1. The number of allylic oxidation sites excluding steroid dienone is 3. The molecule has 1 aliphatic rings. The first-order valence-corrected chi connectivity index (χ1v) is 9.49. The lowest BCUT2D eigenvalue weighted by molar-refractivity contribution is 0.415. The molecule has 3 heterocycles. The monoisotopic (exact) mass is 376 g/mol. The van der Waals surface area contributed by atoms with Crippen molar-refractivity contribution < 1.29 is 9.15 Å². The highest BCUT2D eigenvalue weighted by atomic mass is 16.5. The molecule has 0 fully saturated rings. The number of nitrogens with zero attached hydrogens (tertiary/aromatic N) is 3. The summed E-state index contributed by atoms with van der Waals surface area (Å²) in [6.45, 7) is 4.23. The number of ether oxygens (including phenoxy) is 1. The maximum Gasteiger partial charge on any atom is 0.223 e. The summed E-state index contributed by atoms with van der Waals surface area (Å²) in [5.74, 6) is 1.44. The third-order valence-corrected chi connectivity index (χ3v) is 4.99. The van der Waals surface area contributed by atoms with E-state index in [1.54, 1.807) is 19.6 Å². The second-order valence-corrected chi connectivity index (χ2v) is 6.78. The molecule has 1 aromatic carbocycles. The molecule has 28 heavy (non-hydrogen) atoms. The topological polar surface area (TPSA) is 67.2 Å². The molecule has 0 bridgehead atoms. The van der Waals surface area contributed by atoms with Crippen molar-refractivity contribution in [3.8, 4) is 17.0 Å². The molecule has 0 unspecified atom stereocenters. The number of H-pyrrole nitrogens is 1. The smallest absolute Gasteiger partial charge is 0.223 e. The van der Waals surface area contributed by atoms with Gasteiger partial charge in [0.25, 0.3) is 0 Å². The van der Waals surface area contributed by atoms with Crippen molar-refractivity contribution in [2.75, 3.05) is 12.0 Å². The maximum absolute atomic E-state index is 5.59. The number of nitrogens with one attached hydrogen (secondary N) is 1. The van der Waals surface area contributed by atoms with Crippen LogP contribution in [0.5, 0.6) is 5.75 Å². The second-order valence-electron chi connectivity index (χ2n) is 6.78. The van der Waals surface area contributed by atoms with Crippen molar-refractivity contribution >= 4 is 11.3 Å². The predicted molar refractivity (Wildman–Crippen MR) is 110 cm³/mol. The maximum atomic E-state index is 5.59. The van der Waals surface area contributed by atoms with Gasteiger partial charge >= 0.3 is 0 Å². The first-order chi connectivity index (χ1) is 13.7. The lowest BCUT2D eigenvalue weighted by Gasteiger charge is -2.25. The van der Waals surface area contributed by atoms with Crippen molar-refractivity contribution in [1.82, 2.24) is 15.2 Å². The summed E-state index contributed by atoms with van der Waals surface area (Å²) in [6, 6.07) is 6.12. The Balaban J connectivity index is 1.95. The number of oxazole rings is 1. The van der Waals surface area contributed by atoms with Crippen LogP contribution in [0.15, 0.2) is 59.2 Å². The first kappa shape index (κ1) is 18.1. The van der Waals surface area contributed by atoms with Gasteiger partial charge in [-0.2, -0.15) is 5.10 Å². The van der Waals surface area contributed by atoms with Gasteiger partial charge in [0.2, 0.25) is 5.89 Å². The second kappa shape index (κ2) is 7.76. The molecule has 6 heteroatoms. The van der Waals surface area contributed by atoms with Crippen LogP contribution in [0, 0.1) is 0 Å². The van der Waals surface area contributed by atoms with Crippen molar-refractivity contribution in [2.24, 2.45) is 0 Å². The van der Waals surface area contributed by atoms with Crippen LogP contribution in [0.1, 0.15) is 38.1 Å². The van der Waals surface area contributed by atoms with Gasteiger partial charge in [0, 0.05) is 35.0 Å². The van der Waals surface area contributed by atoms with Gasteiger partial charge in [-0.15, -0.1) is 0 Å². The number of hydrogen-bond acceptors (Lipinski definition) is 5. The zero-order valence-electron chi connectivity index (χ0n) is 16.4. The third kappa shape index (κ3) is 3.22. The fourth-order valence-corrected chi connectivity index (χ4v) is 3.50. The molecule has 6 nitrogen and oxygen atoms in total. The van der Waals surface area contributed by atoms with E-state index in [4.69, 9.17) is 9.15 Å². The van der Waals surface area contributed by atoms with Gasteiger partial charge in [0.05, 0.1) is 30.9 Å². The SMILES string of the molecule is CCC/C=C/N1/C(=C(\C)c2ncco2)Cc2cn[nH]c2-c2cc(OC)ccc21. The molecule has 3 aromatic rings. The van der Waals surface area contributed by atoms with Gasteiger partial charge < -0.3 is 14.1 Å². The number of hydrogen-bond donors (Lipinski definition) is 1. The average molecular weight is 376 g/mol. The summed E-state index contributed by atoms with van der Waals surface area (Å²) in [4.78, 5) is 6.60. The highest BCUT2D eigenvalue weighted by Crippen LogP contribution is 2.42. The van der Waals surface area contributed by atoms with E-state index in [9.17, 15) is 0 Å². The van der Waals surface area contributed by atoms with E-state index in [0.717, 1.165) is 52.4 Å². The fourth-order valence-electron chi connectivity index (χ4n) is 3.50. The standard InChI is InChI=1S/C22H24N4O2/c1-4-5-6-10-26-19-8-7-17(27-3)13-18(19)21-16(14-24-25-21)12-20(26)15(2)22-23-9-11-28-22/h6-11,13-14H,4-5,12H2,1-3H3,(H,24,25)/b10-6+,20-15+. The Morgan fingerprint density at radius 3 is 3.04 bits per heavy atom. The van der Waals surface area contributed by atoms with Crippen LogP contribution in [0.2, 0.25) is 0 Å². The molecule has 1 N–H and O–H groups in total. The summed E-state index contributed by atoms with van der Waals surface area (Å²) in [5.41, 5.74) is 6.38. The molecule has 0 saturated carbocycles. The van der Waals surface area contributed by atoms with Crippen molar-refractivity contribution in [3.63, 3.8) is 0 Å². The van der Waals surface area contributed by atoms with Crippen LogP contribution >= 0.6 is 0 Å². The first-order valence-electron chi connectivity index (χ1n) is 9.49. The normalized spacial score (nSPS) is 15.3. The number of methoxy groups -OCH3 is 1. The molecule has 0 amide bonds. The molecule has 2 aromatic heterocycles. The van der Waals surface area contributed by atoms with Gasteiger partial charge in [0.15, 0.2) is 0 Å². The highest BCUT2D eigenvalue weighted by Gasteiger charge is 2.26. The number of fused-ring (bicyclic) bond motifs is 3. The van der Waals surface area contributed by atoms with Gasteiger partial charge in [-0.1, -0.05) is 19.4 Å². The summed E-state index contributed by atoms with van der Waals surface area (Å²) in [7, 11) is 1.68. The molecule has 4 rings (SSSR count). The molecular formula is C22H24N4O2. The fraction of sp³-hybridized carbons (Fsp3) is 0.273. The molecular weight excluding hydrogens is 352 g/mol. The predicted octanol–water partition coefficient (Wildman–Crippen LogP) is 5.18. The van der Waals surface area contributed by atoms with Crippen LogP contribution < -0.4 is 9.64 Å². The molecule has 144 valence electrons. The van der Waals surface area contributed by atoms with E-state index in [0.29, 0.717) is 12.3 Å². The van der Waals surface area contributed by atoms with Crippen LogP contribution in [-0.2, 0) is 6.42 Å². The van der Waals surface area contributed by atoms with Gasteiger partial charge in [-0.25, -0.2) is 4.98 Å². The zero-order chi connectivity index (χ0) is 19.5. The molecule has 0 aliphatic carbocycles. The quantitative estimate of drug-likeness (QED) is 0.664. The Morgan fingerprint density at radius 1 is 1.39 bits per heavy atom. The Kier molecular flexibility index (Phi) is 5.02. The number of anilines is 1. The lowest BCUT2D eigenvalue weighted by Crippen LogP contribution is -2.18. The summed E-state index contributed by atoms with van der Waals surface area (Å²) >= 11 is 0. The van der Waals surface area contributed by atoms with Crippen molar-refractivity contribution in [3.05, 3.63) is 66.3 Å².